The van der Waals surface area contributed by atoms with Crippen molar-refractivity contribution >= 4 is 6.41 Å². The molecule has 98 valence electrons. The molecule has 3 N–H and O–H groups in total. The van der Waals surface area contributed by atoms with Gasteiger partial charge in [-0.2, -0.15) is 0 Å². The summed E-state index contributed by atoms with van der Waals surface area (Å²) in [7, 11) is 0. The molecule has 0 radical (unpaired) electrons. The zero-order valence-corrected chi connectivity index (χ0v) is 11.3. The van der Waals surface area contributed by atoms with Crippen molar-refractivity contribution in [2.24, 2.45) is 5.73 Å². The number of carbonyl (C=O) groups excluding carboxylic acids is 1. The molecule has 1 rings (SSSR count). The molecular formula is C14H26N2O. The van der Waals surface area contributed by atoms with Crippen molar-refractivity contribution in [3.05, 3.63) is 35.9 Å². The molecule has 0 aliphatic heterocycles. The molecule has 0 saturated heterocycles. The molecule has 0 aliphatic carbocycles. The Morgan fingerprint density at radius 1 is 1.18 bits per heavy atom. The minimum Gasteiger partial charge on any atom is -0.358 e. The summed E-state index contributed by atoms with van der Waals surface area (Å²) in [6, 6.07) is 10.1. The molecule has 1 aromatic rings. The molecule has 0 spiro atoms. The Hall–Kier alpha value is -1.35. The average molecular weight is 238 g/mol. The molecular weight excluding hydrogens is 212 g/mol. The predicted molar refractivity (Wildman–Crippen MR) is 74.9 cm³/mol. The quantitative estimate of drug-likeness (QED) is 0.625. The molecule has 3 heteroatoms. The topological polar surface area (TPSA) is 55.1 Å². The van der Waals surface area contributed by atoms with E-state index in [1.54, 1.807) is 0 Å². The lowest BCUT2D eigenvalue weighted by molar-refractivity contribution is -0.109. The number of rotatable bonds is 4. The van der Waals surface area contributed by atoms with Gasteiger partial charge in [0.25, 0.3) is 0 Å². The average Bonchev–Trinajstić information content (AvgIpc) is 2.33. The maximum absolute atomic E-state index is 9.88. The molecule has 0 fully saturated rings. The Morgan fingerprint density at radius 2 is 1.65 bits per heavy atom. The largest absolute Gasteiger partial charge is 0.358 e. The van der Waals surface area contributed by atoms with Crippen LogP contribution in [0.2, 0.25) is 0 Å². The van der Waals surface area contributed by atoms with Crippen LogP contribution in [0.1, 0.15) is 32.8 Å². The lowest BCUT2D eigenvalue weighted by atomic mass is 10.2. The van der Waals surface area contributed by atoms with Crippen LogP contribution in [-0.4, -0.2) is 19.5 Å². The highest BCUT2D eigenvalue weighted by molar-refractivity contribution is 5.45. The fraction of sp³-hybridized carbons (Fsp3) is 0.500. The number of amides is 1. The summed E-state index contributed by atoms with van der Waals surface area (Å²) in [5.74, 6) is 0. The Kier molecular flexibility index (Phi) is 18.1. The van der Waals surface area contributed by atoms with Gasteiger partial charge in [-0.05, 0) is 18.5 Å². The normalized spacial score (nSPS) is 8.00. The van der Waals surface area contributed by atoms with Crippen LogP contribution in [0.3, 0.4) is 0 Å². The van der Waals surface area contributed by atoms with E-state index in [2.05, 4.69) is 19.2 Å². The minimum absolute atomic E-state index is 0.716. The Balaban J connectivity index is 0. The highest BCUT2D eigenvalue weighted by atomic mass is 16.1. The summed E-state index contributed by atoms with van der Waals surface area (Å²) in [5.41, 5.74) is 6.10. The summed E-state index contributed by atoms with van der Waals surface area (Å²) in [4.78, 5) is 9.88. The van der Waals surface area contributed by atoms with Crippen LogP contribution >= 0.6 is 0 Å². The fourth-order valence-corrected chi connectivity index (χ4v) is 0.920. The molecule has 3 nitrogen and oxygen atoms in total. The SMILES string of the molecule is CCC.CCN.O=CNCCc1ccccc1. The van der Waals surface area contributed by atoms with Gasteiger partial charge in [-0.1, -0.05) is 57.5 Å². The molecule has 0 aliphatic rings. The third kappa shape index (κ3) is 17.3. The monoisotopic (exact) mass is 238 g/mol. The molecule has 0 bridgehead atoms. The molecule has 0 heterocycles. The van der Waals surface area contributed by atoms with Gasteiger partial charge in [-0.15, -0.1) is 0 Å². The van der Waals surface area contributed by atoms with Crippen LogP contribution in [-0.2, 0) is 11.2 Å². The maximum Gasteiger partial charge on any atom is 0.207 e. The number of nitrogens with one attached hydrogen (secondary N) is 1. The molecule has 0 saturated carbocycles. The second-order valence-electron chi connectivity index (χ2n) is 3.42. The zero-order valence-electron chi connectivity index (χ0n) is 11.3. The molecule has 0 unspecified atom stereocenters. The first kappa shape index (κ1) is 18.0. The van der Waals surface area contributed by atoms with Crippen molar-refractivity contribution in [3.63, 3.8) is 0 Å². The minimum atomic E-state index is 0.716. The van der Waals surface area contributed by atoms with Gasteiger partial charge in [-0.3, -0.25) is 4.79 Å². The van der Waals surface area contributed by atoms with Crippen LogP contribution in [0.5, 0.6) is 0 Å². The second kappa shape index (κ2) is 17.1. The van der Waals surface area contributed by atoms with E-state index in [0.717, 1.165) is 19.4 Å². The zero-order chi connectivity index (χ0) is 13.4. The Bertz CT molecular complexity index is 235. The van der Waals surface area contributed by atoms with Crippen LogP contribution in [0.25, 0.3) is 0 Å². The summed E-state index contributed by atoms with van der Waals surface area (Å²) in [6.07, 6.45) is 2.88. The van der Waals surface area contributed by atoms with E-state index in [4.69, 9.17) is 5.73 Å². The van der Waals surface area contributed by atoms with Gasteiger partial charge in [-0.25, -0.2) is 0 Å². The van der Waals surface area contributed by atoms with E-state index in [-0.39, 0.29) is 0 Å². The van der Waals surface area contributed by atoms with E-state index in [9.17, 15) is 4.79 Å². The summed E-state index contributed by atoms with van der Waals surface area (Å²) in [6.45, 7) is 7.62. The van der Waals surface area contributed by atoms with E-state index in [1.165, 1.54) is 12.0 Å². The standard InChI is InChI=1S/C9H11NO.C3H8.C2H7N/c11-8-10-7-6-9-4-2-1-3-5-9;1-3-2;1-2-3/h1-5,8H,6-7H2,(H,10,11);3H2,1-2H3;2-3H2,1H3. The van der Waals surface area contributed by atoms with Gasteiger partial charge in [0.15, 0.2) is 0 Å². The third-order valence-electron chi connectivity index (χ3n) is 1.48. The Labute approximate surface area is 105 Å². The van der Waals surface area contributed by atoms with Gasteiger partial charge < -0.3 is 11.1 Å². The van der Waals surface area contributed by atoms with Gasteiger partial charge in [0, 0.05) is 6.54 Å². The van der Waals surface area contributed by atoms with Crippen molar-refractivity contribution in [3.8, 4) is 0 Å². The number of nitrogens with two attached hydrogens (primary N) is 1. The van der Waals surface area contributed by atoms with E-state index in [0.29, 0.717) is 6.54 Å². The van der Waals surface area contributed by atoms with Gasteiger partial charge in [0.2, 0.25) is 6.41 Å². The van der Waals surface area contributed by atoms with Gasteiger partial charge >= 0.3 is 0 Å². The summed E-state index contributed by atoms with van der Waals surface area (Å²) < 4.78 is 0. The number of hydrogen-bond acceptors (Lipinski definition) is 2. The number of benzene rings is 1. The van der Waals surface area contributed by atoms with Crippen LogP contribution in [0, 0.1) is 0 Å². The lowest BCUT2D eigenvalue weighted by Gasteiger charge is -1.98. The predicted octanol–water partition coefficient (Wildman–Crippen LogP) is 2.36. The summed E-state index contributed by atoms with van der Waals surface area (Å²) in [5, 5.41) is 2.62. The smallest absolute Gasteiger partial charge is 0.207 e. The lowest BCUT2D eigenvalue weighted by Crippen LogP contribution is -2.14. The van der Waals surface area contributed by atoms with Gasteiger partial charge in [0.1, 0.15) is 0 Å². The van der Waals surface area contributed by atoms with E-state index < -0.39 is 0 Å². The number of carbonyl (C=O) groups is 1. The highest BCUT2D eigenvalue weighted by Crippen LogP contribution is 1.97. The van der Waals surface area contributed by atoms with Crippen molar-refractivity contribution in [1.82, 2.24) is 5.32 Å². The first-order valence-corrected chi connectivity index (χ1v) is 6.17. The van der Waals surface area contributed by atoms with Crippen molar-refractivity contribution in [1.29, 1.82) is 0 Å². The third-order valence-corrected chi connectivity index (χ3v) is 1.48. The fourth-order valence-electron chi connectivity index (χ4n) is 0.920. The summed E-state index contributed by atoms with van der Waals surface area (Å²) >= 11 is 0. The van der Waals surface area contributed by atoms with Crippen molar-refractivity contribution < 1.29 is 4.79 Å². The maximum atomic E-state index is 9.88. The first-order chi connectivity index (χ1) is 8.26. The van der Waals surface area contributed by atoms with Crippen molar-refractivity contribution in [2.75, 3.05) is 13.1 Å². The molecule has 17 heavy (non-hydrogen) atoms. The van der Waals surface area contributed by atoms with E-state index >= 15 is 0 Å². The molecule has 1 amide bonds. The van der Waals surface area contributed by atoms with Crippen LogP contribution in [0.4, 0.5) is 0 Å². The molecule has 0 aromatic heterocycles. The van der Waals surface area contributed by atoms with Crippen molar-refractivity contribution in [2.45, 2.75) is 33.6 Å². The van der Waals surface area contributed by atoms with Gasteiger partial charge in [0.05, 0.1) is 0 Å². The Morgan fingerprint density at radius 3 is 2.06 bits per heavy atom. The molecule has 1 aromatic carbocycles. The first-order valence-electron chi connectivity index (χ1n) is 6.17. The second-order valence-corrected chi connectivity index (χ2v) is 3.42. The number of hydrogen-bond donors (Lipinski definition) is 2. The van der Waals surface area contributed by atoms with Crippen LogP contribution in [0.15, 0.2) is 30.3 Å². The molecule has 0 atom stereocenters. The van der Waals surface area contributed by atoms with Crippen LogP contribution < -0.4 is 11.1 Å². The highest BCUT2D eigenvalue weighted by Gasteiger charge is 1.88. The van der Waals surface area contributed by atoms with E-state index in [1.807, 2.05) is 37.3 Å².